The van der Waals surface area contributed by atoms with Crippen LogP contribution in [-0.2, 0) is 16.1 Å². The highest BCUT2D eigenvalue weighted by Gasteiger charge is 2.33. The molecule has 0 bridgehead atoms. The topological polar surface area (TPSA) is 85.9 Å². The lowest BCUT2D eigenvalue weighted by atomic mass is 9.93. The molecule has 1 aliphatic rings. The third-order valence-corrected chi connectivity index (χ3v) is 5.51. The fourth-order valence-electron chi connectivity index (χ4n) is 3.59. The number of methoxy groups -OCH3 is 1. The van der Waals surface area contributed by atoms with Gasteiger partial charge in [0.25, 0.3) is 0 Å². The van der Waals surface area contributed by atoms with Gasteiger partial charge in [0, 0.05) is 10.7 Å². The molecule has 0 fully saturated rings. The van der Waals surface area contributed by atoms with Crippen molar-refractivity contribution in [3.63, 3.8) is 0 Å². The Balaban J connectivity index is 1.90. The first kappa shape index (κ1) is 24.5. The van der Waals surface area contributed by atoms with E-state index in [-0.39, 0.29) is 12.6 Å². The van der Waals surface area contributed by atoms with Crippen molar-refractivity contribution in [2.75, 3.05) is 13.7 Å². The number of unbranched alkanes of at least 4 members (excludes halogenated alkanes) is 1. The number of hydrogen-bond acceptors (Lipinski definition) is 5. The Kier molecular flexibility index (Phi) is 8.60. The van der Waals surface area contributed by atoms with Crippen molar-refractivity contribution in [3.8, 4) is 11.5 Å². The van der Waals surface area contributed by atoms with Gasteiger partial charge in [-0.1, -0.05) is 43.1 Å². The zero-order valence-electron chi connectivity index (χ0n) is 19.1. The normalized spacial score (nSPS) is 15.5. The van der Waals surface area contributed by atoms with Crippen LogP contribution in [0.1, 0.15) is 50.3 Å². The average Bonchev–Trinajstić information content (AvgIpc) is 2.82. The summed E-state index contributed by atoms with van der Waals surface area (Å²) in [7, 11) is 1.55. The molecule has 0 aliphatic carbocycles. The third kappa shape index (κ3) is 6.20. The number of allylic oxidation sites excluding steroid dienone is 1. The highest BCUT2D eigenvalue weighted by Crippen LogP contribution is 2.35. The van der Waals surface area contributed by atoms with Crippen molar-refractivity contribution >= 4 is 23.6 Å². The van der Waals surface area contributed by atoms with Gasteiger partial charge in [-0.15, -0.1) is 0 Å². The zero-order valence-corrected chi connectivity index (χ0v) is 19.8. The van der Waals surface area contributed by atoms with Crippen LogP contribution in [-0.4, -0.2) is 25.7 Å². The second kappa shape index (κ2) is 11.6. The number of urea groups is 1. The molecule has 2 aromatic carbocycles. The van der Waals surface area contributed by atoms with Crippen molar-refractivity contribution in [1.29, 1.82) is 0 Å². The molecule has 0 saturated heterocycles. The molecule has 0 saturated carbocycles. The summed E-state index contributed by atoms with van der Waals surface area (Å²) in [5.74, 6) is 0.583. The molecule has 3 rings (SSSR count). The fourth-order valence-corrected chi connectivity index (χ4v) is 3.72. The van der Waals surface area contributed by atoms with Crippen LogP contribution in [0.3, 0.4) is 0 Å². The molecule has 0 radical (unpaired) electrons. The quantitative estimate of drug-likeness (QED) is 0.459. The average molecular weight is 473 g/mol. The minimum Gasteiger partial charge on any atom is -0.493 e. The number of ether oxygens (including phenoxy) is 3. The van der Waals surface area contributed by atoms with Crippen molar-refractivity contribution in [1.82, 2.24) is 10.6 Å². The first-order chi connectivity index (χ1) is 16.0. The molecule has 7 nitrogen and oxygen atoms in total. The molecular weight excluding hydrogens is 444 g/mol. The smallest absolute Gasteiger partial charge is 0.338 e. The lowest BCUT2D eigenvalue weighted by Crippen LogP contribution is -2.46. The SMILES string of the molecule is CCCCC1=C(C(=O)OCC)C(c2ccc(OCc3ccc(Cl)cc3)c(OC)c2)NC(=O)N1. The Bertz CT molecular complexity index is 1020. The molecule has 33 heavy (non-hydrogen) atoms. The molecule has 2 aromatic rings. The molecule has 176 valence electrons. The van der Waals surface area contributed by atoms with Crippen molar-refractivity contribution < 1.29 is 23.8 Å². The van der Waals surface area contributed by atoms with Gasteiger partial charge in [0.1, 0.15) is 6.61 Å². The summed E-state index contributed by atoms with van der Waals surface area (Å²) in [5.41, 5.74) is 2.65. The summed E-state index contributed by atoms with van der Waals surface area (Å²) in [5, 5.41) is 6.29. The second-order valence-corrected chi connectivity index (χ2v) is 8.01. The van der Waals surface area contributed by atoms with E-state index < -0.39 is 12.0 Å². The van der Waals surface area contributed by atoms with Crippen LogP contribution in [0.4, 0.5) is 4.79 Å². The van der Waals surface area contributed by atoms with Gasteiger partial charge in [0.2, 0.25) is 0 Å². The summed E-state index contributed by atoms with van der Waals surface area (Å²) >= 11 is 5.94. The van der Waals surface area contributed by atoms with Gasteiger partial charge in [-0.2, -0.15) is 0 Å². The summed E-state index contributed by atoms with van der Waals surface area (Å²) in [6.45, 7) is 4.39. The molecular formula is C25H29ClN2O5. The molecule has 1 aliphatic heterocycles. The molecule has 8 heteroatoms. The molecule has 0 aromatic heterocycles. The van der Waals surface area contributed by atoms with E-state index in [1.54, 1.807) is 38.3 Å². The summed E-state index contributed by atoms with van der Waals surface area (Å²) < 4.78 is 16.8. The van der Waals surface area contributed by atoms with Crippen LogP contribution < -0.4 is 20.1 Å². The Morgan fingerprint density at radius 2 is 1.85 bits per heavy atom. The first-order valence-electron chi connectivity index (χ1n) is 11.0. The maximum absolute atomic E-state index is 12.8. The number of hydrogen-bond donors (Lipinski definition) is 2. The maximum Gasteiger partial charge on any atom is 0.338 e. The van der Waals surface area contributed by atoms with Gasteiger partial charge in [0.05, 0.1) is 25.3 Å². The minimum absolute atomic E-state index is 0.241. The summed E-state index contributed by atoms with van der Waals surface area (Å²) in [6, 6.07) is 11.7. The van der Waals surface area contributed by atoms with E-state index in [4.69, 9.17) is 25.8 Å². The lowest BCUT2D eigenvalue weighted by Gasteiger charge is -2.29. The number of carbonyl (C=O) groups is 2. The molecule has 1 atom stereocenters. The van der Waals surface area contributed by atoms with E-state index in [9.17, 15) is 9.59 Å². The lowest BCUT2D eigenvalue weighted by molar-refractivity contribution is -0.139. The molecule has 1 unspecified atom stereocenters. The highest BCUT2D eigenvalue weighted by molar-refractivity contribution is 6.30. The number of amides is 2. The molecule has 1 heterocycles. The van der Waals surface area contributed by atoms with Gasteiger partial charge in [-0.25, -0.2) is 9.59 Å². The number of esters is 1. The van der Waals surface area contributed by atoms with Crippen molar-refractivity contribution in [2.45, 2.75) is 45.8 Å². The van der Waals surface area contributed by atoms with Crippen molar-refractivity contribution in [2.24, 2.45) is 0 Å². The van der Waals surface area contributed by atoms with Gasteiger partial charge < -0.3 is 24.8 Å². The predicted octanol–water partition coefficient (Wildman–Crippen LogP) is 5.29. The van der Waals surface area contributed by atoms with E-state index in [2.05, 4.69) is 17.6 Å². The Morgan fingerprint density at radius 3 is 2.52 bits per heavy atom. The zero-order chi connectivity index (χ0) is 23.8. The van der Waals surface area contributed by atoms with E-state index in [1.807, 2.05) is 18.2 Å². The van der Waals surface area contributed by atoms with E-state index >= 15 is 0 Å². The largest absolute Gasteiger partial charge is 0.493 e. The number of rotatable bonds is 10. The number of halogens is 1. The van der Waals surface area contributed by atoms with Crippen LogP contribution >= 0.6 is 11.6 Å². The van der Waals surface area contributed by atoms with Crippen LogP contribution in [0.15, 0.2) is 53.7 Å². The summed E-state index contributed by atoms with van der Waals surface area (Å²) in [6.07, 6.45) is 2.35. The Hall–Kier alpha value is -3.19. The standard InChI is InChI=1S/C25H29ClN2O5/c1-4-6-7-19-22(24(29)32-5-2)23(28-25(30)27-19)17-10-13-20(21(14-17)31-3)33-15-16-8-11-18(26)12-9-16/h8-14,23H,4-7,15H2,1-3H3,(H2,27,28,30). The second-order valence-electron chi connectivity index (χ2n) is 7.57. The van der Waals surface area contributed by atoms with Gasteiger partial charge in [-0.05, 0) is 55.2 Å². The first-order valence-corrected chi connectivity index (χ1v) is 11.4. The van der Waals surface area contributed by atoms with Crippen LogP contribution in [0.25, 0.3) is 0 Å². The molecule has 2 amide bonds. The number of carbonyl (C=O) groups excluding carboxylic acids is 2. The van der Waals surface area contributed by atoms with Crippen LogP contribution in [0.5, 0.6) is 11.5 Å². The van der Waals surface area contributed by atoms with E-state index in [0.717, 1.165) is 18.4 Å². The third-order valence-electron chi connectivity index (χ3n) is 5.26. The van der Waals surface area contributed by atoms with Gasteiger partial charge in [0.15, 0.2) is 11.5 Å². The van der Waals surface area contributed by atoms with Gasteiger partial charge in [-0.3, -0.25) is 0 Å². The maximum atomic E-state index is 12.8. The molecule has 2 N–H and O–H groups in total. The van der Waals surface area contributed by atoms with Crippen molar-refractivity contribution in [3.05, 3.63) is 69.9 Å². The summed E-state index contributed by atoms with van der Waals surface area (Å²) in [4.78, 5) is 25.2. The minimum atomic E-state index is -0.663. The fraction of sp³-hybridized carbons (Fsp3) is 0.360. The van der Waals surface area contributed by atoms with E-state index in [1.165, 1.54) is 0 Å². The monoisotopic (exact) mass is 472 g/mol. The predicted molar refractivity (Wildman–Crippen MR) is 126 cm³/mol. The number of nitrogens with one attached hydrogen (secondary N) is 2. The highest BCUT2D eigenvalue weighted by atomic mass is 35.5. The van der Waals surface area contributed by atoms with E-state index in [0.29, 0.717) is 46.4 Å². The Morgan fingerprint density at radius 1 is 1.09 bits per heavy atom. The molecule has 0 spiro atoms. The van der Waals surface area contributed by atoms with Crippen LogP contribution in [0, 0.1) is 0 Å². The Labute approximate surface area is 199 Å². The van der Waals surface area contributed by atoms with Gasteiger partial charge >= 0.3 is 12.0 Å². The number of benzene rings is 2. The van der Waals surface area contributed by atoms with Crippen LogP contribution in [0.2, 0.25) is 5.02 Å².